The van der Waals surface area contributed by atoms with Crippen molar-refractivity contribution in [1.29, 1.82) is 0 Å². The molecule has 2 aromatic rings. The van der Waals surface area contributed by atoms with E-state index in [1.54, 1.807) is 13.0 Å². The van der Waals surface area contributed by atoms with Gasteiger partial charge in [0.25, 0.3) is 0 Å². The summed E-state index contributed by atoms with van der Waals surface area (Å²) in [4.78, 5) is 18.9. The lowest BCUT2D eigenvalue weighted by atomic mass is 10.2. The van der Waals surface area contributed by atoms with Crippen molar-refractivity contribution in [2.75, 3.05) is 0 Å². The van der Waals surface area contributed by atoms with Gasteiger partial charge in [0.15, 0.2) is 5.69 Å². The van der Waals surface area contributed by atoms with Crippen molar-refractivity contribution in [1.82, 2.24) is 9.97 Å². The van der Waals surface area contributed by atoms with Crippen molar-refractivity contribution >= 4 is 12.0 Å². The molecule has 102 valence electrons. The summed E-state index contributed by atoms with van der Waals surface area (Å²) in [5.41, 5.74) is 1.32. The smallest absolute Gasteiger partial charge is 0.354 e. The van der Waals surface area contributed by atoms with E-state index in [-0.39, 0.29) is 11.7 Å². The van der Waals surface area contributed by atoms with Crippen LogP contribution in [0.1, 0.15) is 28.7 Å². The second-order valence-corrected chi connectivity index (χ2v) is 4.12. The summed E-state index contributed by atoms with van der Waals surface area (Å²) >= 11 is 0. The van der Waals surface area contributed by atoms with Crippen LogP contribution in [-0.2, 0) is 0 Å². The average molecular weight is 270 g/mol. The van der Waals surface area contributed by atoms with Crippen LogP contribution in [0.4, 0.5) is 0 Å². The predicted octanol–water partition coefficient (Wildman–Crippen LogP) is 3.31. The highest BCUT2D eigenvalue weighted by Crippen LogP contribution is 2.24. The third-order valence-electron chi connectivity index (χ3n) is 2.52. The van der Waals surface area contributed by atoms with Crippen molar-refractivity contribution in [2.45, 2.75) is 13.8 Å². The minimum absolute atomic E-state index is 0.0272. The summed E-state index contributed by atoms with van der Waals surface area (Å²) in [6.07, 6.45) is 3.78. The Morgan fingerprint density at radius 2 is 2.05 bits per heavy atom. The number of carboxylic acid groups (broad SMARTS) is 1. The molecule has 0 bridgehead atoms. The van der Waals surface area contributed by atoms with Gasteiger partial charge in [-0.25, -0.2) is 9.78 Å². The zero-order chi connectivity index (χ0) is 14.5. The Morgan fingerprint density at radius 1 is 1.30 bits per heavy atom. The fraction of sp³-hybridized carbons (Fsp3) is 0.133. The molecular weight excluding hydrogens is 256 g/mol. The van der Waals surface area contributed by atoms with Crippen LogP contribution in [0, 0.1) is 6.92 Å². The molecule has 1 N–H and O–H groups in total. The van der Waals surface area contributed by atoms with E-state index in [1.165, 1.54) is 6.07 Å². The first-order valence-corrected chi connectivity index (χ1v) is 6.08. The number of benzene rings is 1. The molecule has 0 aliphatic heterocycles. The van der Waals surface area contributed by atoms with Gasteiger partial charge in [-0.1, -0.05) is 30.4 Å². The lowest BCUT2D eigenvalue weighted by Gasteiger charge is -2.08. The molecule has 0 amide bonds. The molecule has 0 saturated carbocycles. The molecule has 5 nitrogen and oxygen atoms in total. The molecule has 1 aromatic heterocycles. The molecule has 20 heavy (non-hydrogen) atoms. The van der Waals surface area contributed by atoms with Crippen molar-refractivity contribution in [3.63, 3.8) is 0 Å². The van der Waals surface area contributed by atoms with E-state index >= 15 is 0 Å². The van der Waals surface area contributed by atoms with Crippen LogP contribution in [0.5, 0.6) is 11.8 Å². The second-order valence-electron chi connectivity index (χ2n) is 4.12. The third-order valence-corrected chi connectivity index (χ3v) is 2.52. The number of hydrogen-bond donors (Lipinski definition) is 1. The molecule has 0 radical (unpaired) electrons. The van der Waals surface area contributed by atoms with Gasteiger partial charge in [0.05, 0.1) is 0 Å². The number of rotatable bonds is 4. The van der Waals surface area contributed by atoms with Gasteiger partial charge in [-0.15, -0.1) is 0 Å². The van der Waals surface area contributed by atoms with Crippen LogP contribution >= 0.6 is 0 Å². The lowest BCUT2D eigenvalue weighted by Crippen LogP contribution is -2.04. The lowest BCUT2D eigenvalue weighted by molar-refractivity contribution is 0.0689. The number of hydrogen-bond acceptors (Lipinski definition) is 4. The second kappa shape index (κ2) is 5.97. The van der Waals surface area contributed by atoms with Crippen molar-refractivity contribution in [3.8, 4) is 11.8 Å². The Hall–Kier alpha value is -2.69. The van der Waals surface area contributed by atoms with Gasteiger partial charge in [-0.2, -0.15) is 4.98 Å². The zero-order valence-electron chi connectivity index (χ0n) is 11.2. The molecule has 0 aliphatic carbocycles. The van der Waals surface area contributed by atoms with Crippen molar-refractivity contribution in [2.24, 2.45) is 0 Å². The van der Waals surface area contributed by atoms with Gasteiger partial charge in [0.2, 0.25) is 0 Å². The predicted molar refractivity (Wildman–Crippen MR) is 75.0 cm³/mol. The summed E-state index contributed by atoms with van der Waals surface area (Å²) < 4.78 is 5.60. The van der Waals surface area contributed by atoms with E-state index in [0.717, 1.165) is 5.56 Å². The molecule has 1 aromatic carbocycles. The normalized spacial score (nSPS) is 10.7. The number of aromatic carboxylic acids is 1. The van der Waals surface area contributed by atoms with Crippen molar-refractivity contribution in [3.05, 3.63) is 53.4 Å². The number of carboxylic acids is 1. The topological polar surface area (TPSA) is 72.3 Å². The SMILES string of the molecule is C/C=C/c1ccccc1Oc1nc(C)cc(C(=O)O)n1. The number of carbonyl (C=O) groups is 1. The fourth-order valence-electron chi connectivity index (χ4n) is 1.69. The van der Waals surface area contributed by atoms with E-state index in [4.69, 9.17) is 9.84 Å². The summed E-state index contributed by atoms with van der Waals surface area (Å²) in [7, 11) is 0. The first-order chi connectivity index (χ1) is 9.60. The monoisotopic (exact) mass is 270 g/mol. The summed E-state index contributed by atoms with van der Waals surface area (Å²) in [6.45, 7) is 3.60. The van der Waals surface area contributed by atoms with E-state index in [9.17, 15) is 4.79 Å². The van der Waals surface area contributed by atoms with E-state index in [0.29, 0.717) is 11.4 Å². The quantitative estimate of drug-likeness (QED) is 0.922. The van der Waals surface area contributed by atoms with Crippen LogP contribution in [0.25, 0.3) is 6.08 Å². The number of nitrogens with zero attached hydrogens (tertiary/aromatic N) is 2. The summed E-state index contributed by atoms with van der Waals surface area (Å²) in [5, 5.41) is 8.98. The van der Waals surface area contributed by atoms with Crippen molar-refractivity contribution < 1.29 is 14.6 Å². The summed E-state index contributed by atoms with van der Waals surface area (Å²) in [6, 6.07) is 8.81. The zero-order valence-corrected chi connectivity index (χ0v) is 11.2. The largest absolute Gasteiger partial charge is 0.477 e. The van der Waals surface area contributed by atoms with Gasteiger partial charge >= 0.3 is 12.0 Å². The van der Waals surface area contributed by atoms with E-state index in [1.807, 2.05) is 37.3 Å². The highest BCUT2D eigenvalue weighted by Gasteiger charge is 2.11. The highest BCUT2D eigenvalue weighted by atomic mass is 16.5. The highest BCUT2D eigenvalue weighted by molar-refractivity contribution is 5.85. The Labute approximate surface area is 116 Å². The standard InChI is InChI=1S/C15H14N2O3/c1-3-6-11-7-4-5-8-13(11)20-15-16-10(2)9-12(17-15)14(18)19/h3-9H,1-2H3,(H,18,19)/b6-3+. The van der Waals surface area contributed by atoms with Crippen LogP contribution in [0.2, 0.25) is 0 Å². The van der Waals surface area contributed by atoms with Gasteiger partial charge in [-0.05, 0) is 26.0 Å². The molecule has 2 rings (SSSR count). The molecule has 0 aliphatic rings. The number of aryl methyl sites for hydroxylation is 1. The molecule has 5 heteroatoms. The van der Waals surface area contributed by atoms with E-state index in [2.05, 4.69) is 9.97 Å². The molecule has 0 spiro atoms. The van der Waals surface area contributed by atoms with Gasteiger partial charge in [-0.3, -0.25) is 0 Å². The molecule has 0 atom stereocenters. The minimum Gasteiger partial charge on any atom is -0.477 e. The Morgan fingerprint density at radius 3 is 2.75 bits per heavy atom. The van der Waals surface area contributed by atoms with Crippen LogP contribution < -0.4 is 4.74 Å². The summed E-state index contributed by atoms with van der Waals surface area (Å²) in [5.74, 6) is -0.533. The maximum absolute atomic E-state index is 11.0. The molecule has 1 heterocycles. The average Bonchev–Trinajstić information content (AvgIpc) is 2.40. The maximum Gasteiger partial charge on any atom is 0.354 e. The van der Waals surface area contributed by atoms with E-state index < -0.39 is 5.97 Å². The Kier molecular flexibility index (Phi) is 4.10. The number of allylic oxidation sites excluding steroid dienone is 1. The molecule has 0 fully saturated rings. The van der Waals surface area contributed by atoms with Gasteiger partial charge in [0.1, 0.15) is 5.75 Å². The van der Waals surface area contributed by atoms with Gasteiger partial charge < -0.3 is 9.84 Å². The Balaban J connectivity index is 2.37. The first-order valence-electron chi connectivity index (χ1n) is 6.08. The number of para-hydroxylation sites is 1. The minimum atomic E-state index is -1.11. The Bertz CT molecular complexity index is 666. The van der Waals surface area contributed by atoms with Gasteiger partial charge in [0, 0.05) is 11.3 Å². The number of aromatic nitrogens is 2. The molecular formula is C15H14N2O3. The fourth-order valence-corrected chi connectivity index (χ4v) is 1.69. The third kappa shape index (κ3) is 3.20. The molecule has 0 saturated heterocycles. The maximum atomic E-state index is 11.0. The number of ether oxygens (including phenoxy) is 1. The van der Waals surface area contributed by atoms with Crippen LogP contribution in [0.3, 0.4) is 0 Å². The van der Waals surface area contributed by atoms with Crippen LogP contribution in [-0.4, -0.2) is 21.0 Å². The first kappa shape index (κ1) is 13.7. The molecule has 0 unspecified atom stereocenters. The van der Waals surface area contributed by atoms with Crippen LogP contribution in [0.15, 0.2) is 36.4 Å².